The summed E-state index contributed by atoms with van der Waals surface area (Å²) in [5.41, 5.74) is 3.00. The van der Waals surface area contributed by atoms with E-state index in [1.54, 1.807) is 6.07 Å². The van der Waals surface area contributed by atoms with Crippen LogP contribution in [0.1, 0.15) is 12.5 Å². The molecule has 5 rings (SSSR count). The largest absolute Gasteiger partial charge is 0.494 e. The predicted octanol–water partition coefficient (Wildman–Crippen LogP) is 6.80. The van der Waals surface area contributed by atoms with Crippen molar-refractivity contribution in [3.05, 3.63) is 93.7 Å². The zero-order valence-corrected chi connectivity index (χ0v) is 23.1. The Kier molecular flexibility index (Phi) is 7.50. The molecule has 1 N–H and O–H groups in total. The summed E-state index contributed by atoms with van der Waals surface area (Å²) in [7, 11) is 0. The van der Waals surface area contributed by atoms with Gasteiger partial charge in [0.05, 0.1) is 23.9 Å². The number of halogens is 2. The number of carbonyl (C=O) groups is 1. The van der Waals surface area contributed by atoms with Gasteiger partial charge in [-0.1, -0.05) is 39.7 Å². The van der Waals surface area contributed by atoms with Gasteiger partial charge in [0.15, 0.2) is 5.11 Å². The number of para-hydroxylation sites is 1. The minimum absolute atomic E-state index is 0.216. The summed E-state index contributed by atoms with van der Waals surface area (Å²) in [5, 5.41) is 4.99. The number of benzene rings is 3. The zero-order chi connectivity index (χ0) is 25.9. The monoisotopic (exact) mass is 595 g/mol. The maximum Gasteiger partial charge on any atom is 0.281 e. The topological polar surface area (TPSA) is 55.7 Å². The van der Waals surface area contributed by atoms with E-state index in [4.69, 9.17) is 33.3 Å². The van der Waals surface area contributed by atoms with E-state index in [0.29, 0.717) is 47.0 Å². The lowest BCUT2D eigenvalue weighted by molar-refractivity contribution is -0.113. The van der Waals surface area contributed by atoms with Gasteiger partial charge in [0.25, 0.3) is 5.91 Å². The SMILES string of the molecule is CCOc1ccc(N2C(=O)/C(=C/c3cn(CCOc4ccccc4Cl)c4ccc(Br)cc34)NC2=S)cc1. The maximum absolute atomic E-state index is 13.3. The highest BCUT2D eigenvalue weighted by Gasteiger charge is 2.32. The molecule has 2 heterocycles. The van der Waals surface area contributed by atoms with Gasteiger partial charge in [-0.2, -0.15) is 0 Å². The molecule has 0 radical (unpaired) electrons. The number of ether oxygens (including phenoxy) is 2. The Morgan fingerprint density at radius 2 is 1.86 bits per heavy atom. The fraction of sp³-hybridized carbons (Fsp3) is 0.143. The molecule has 0 atom stereocenters. The number of anilines is 1. The normalized spacial score (nSPS) is 14.5. The van der Waals surface area contributed by atoms with Crippen LogP contribution in [0.3, 0.4) is 0 Å². The summed E-state index contributed by atoms with van der Waals surface area (Å²) in [5.74, 6) is 1.17. The van der Waals surface area contributed by atoms with Crippen molar-refractivity contribution in [3.63, 3.8) is 0 Å². The lowest BCUT2D eigenvalue weighted by Crippen LogP contribution is -2.30. The predicted molar refractivity (Wildman–Crippen MR) is 155 cm³/mol. The van der Waals surface area contributed by atoms with Gasteiger partial charge >= 0.3 is 0 Å². The van der Waals surface area contributed by atoms with E-state index in [9.17, 15) is 4.79 Å². The van der Waals surface area contributed by atoms with Crippen LogP contribution in [0.25, 0.3) is 17.0 Å². The maximum atomic E-state index is 13.3. The Morgan fingerprint density at radius 1 is 1.08 bits per heavy atom. The average molecular weight is 597 g/mol. The molecule has 1 amide bonds. The smallest absolute Gasteiger partial charge is 0.281 e. The molecule has 37 heavy (non-hydrogen) atoms. The molecule has 1 aliphatic heterocycles. The van der Waals surface area contributed by atoms with Crippen LogP contribution in [0.2, 0.25) is 5.02 Å². The van der Waals surface area contributed by atoms with Crippen molar-refractivity contribution in [2.24, 2.45) is 0 Å². The van der Waals surface area contributed by atoms with Crippen molar-refractivity contribution in [1.29, 1.82) is 0 Å². The van der Waals surface area contributed by atoms with Gasteiger partial charge in [-0.25, -0.2) is 0 Å². The van der Waals surface area contributed by atoms with Crippen molar-refractivity contribution < 1.29 is 14.3 Å². The number of carbonyl (C=O) groups excluding carboxylic acids is 1. The second-order valence-electron chi connectivity index (χ2n) is 8.27. The van der Waals surface area contributed by atoms with Gasteiger partial charge in [-0.15, -0.1) is 0 Å². The molecular formula is C28H23BrClN3O3S. The molecule has 0 unspecified atom stereocenters. The summed E-state index contributed by atoms with van der Waals surface area (Å²) in [6, 6.07) is 20.8. The third-order valence-electron chi connectivity index (χ3n) is 5.88. The Hall–Kier alpha value is -3.33. The molecule has 3 aromatic carbocycles. The number of hydrogen-bond acceptors (Lipinski definition) is 4. The van der Waals surface area contributed by atoms with Crippen LogP contribution in [-0.2, 0) is 11.3 Å². The Labute approximate surface area is 233 Å². The molecular weight excluding hydrogens is 574 g/mol. The molecule has 1 aliphatic rings. The first-order valence-corrected chi connectivity index (χ1v) is 13.3. The van der Waals surface area contributed by atoms with Gasteiger partial charge in [0, 0.05) is 27.1 Å². The van der Waals surface area contributed by atoms with Gasteiger partial charge in [0.2, 0.25) is 0 Å². The quantitative estimate of drug-likeness (QED) is 0.179. The van der Waals surface area contributed by atoms with Crippen LogP contribution in [0.5, 0.6) is 11.5 Å². The standard InChI is InChI=1S/C28H23BrClN3O3S/c1-2-35-21-10-8-20(9-11-21)33-27(34)24(31-28(33)37)15-18-17-32(25-12-7-19(29)16-22(18)25)13-14-36-26-6-4-3-5-23(26)30/h3-12,15-17H,2,13-14H2,1H3,(H,31,37)/b24-15-. The molecule has 1 saturated heterocycles. The van der Waals surface area contributed by atoms with Gasteiger partial charge in [-0.05, 0) is 79.8 Å². The second-order valence-corrected chi connectivity index (χ2v) is 9.98. The first-order chi connectivity index (χ1) is 17.9. The lowest BCUT2D eigenvalue weighted by Gasteiger charge is -2.14. The number of nitrogens with zero attached hydrogens (tertiary/aromatic N) is 2. The summed E-state index contributed by atoms with van der Waals surface area (Å²) >= 11 is 15.3. The summed E-state index contributed by atoms with van der Waals surface area (Å²) in [6.07, 6.45) is 3.85. The minimum Gasteiger partial charge on any atom is -0.494 e. The molecule has 6 nitrogen and oxygen atoms in total. The fourth-order valence-corrected chi connectivity index (χ4v) is 5.05. The number of rotatable bonds is 8. The fourth-order valence-electron chi connectivity index (χ4n) is 4.20. The first-order valence-electron chi connectivity index (χ1n) is 11.7. The molecule has 4 aromatic rings. The highest BCUT2D eigenvalue weighted by molar-refractivity contribution is 9.10. The molecule has 188 valence electrons. The average Bonchev–Trinajstić information content (AvgIpc) is 3.36. The second kappa shape index (κ2) is 11.0. The van der Waals surface area contributed by atoms with Gasteiger partial charge in [0.1, 0.15) is 23.8 Å². The molecule has 0 spiro atoms. The first kappa shape index (κ1) is 25.3. The molecule has 1 fully saturated rings. The van der Waals surface area contributed by atoms with E-state index in [0.717, 1.165) is 26.7 Å². The van der Waals surface area contributed by atoms with Crippen LogP contribution in [-0.4, -0.2) is 28.8 Å². The van der Waals surface area contributed by atoms with Crippen LogP contribution in [0, 0.1) is 0 Å². The molecule has 0 bridgehead atoms. The number of fused-ring (bicyclic) bond motifs is 1. The van der Waals surface area contributed by atoms with Gasteiger partial charge < -0.3 is 19.4 Å². The van der Waals surface area contributed by atoms with Crippen molar-refractivity contribution in [2.45, 2.75) is 13.5 Å². The summed E-state index contributed by atoms with van der Waals surface area (Å²) in [4.78, 5) is 14.8. The summed E-state index contributed by atoms with van der Waals surface area (Å²) < 4.78 is 14.5. The van der Waals surface area contributed by atoms with E-state index < -0.39 is 0 Å². The number of nitrogens with one attached hydrogen (secondary N) is 1. The lowest BCUT2D eigenvalue weighted by atomic mass is 10.1. The van der Waals surface area contributed by atoms with Crippen molar-refractivity contribution in [2.75, 3.05) is 18.1 Å². The molecule has 1 aromatic heterocycles. The van der Waals surface area contributed by atoms with Crippen molar-refractivity contribution in [1.82, 2.24) is 9.88 Å². The van der Waals surface area contributed by atoms with E-state index >= 15 is 0 Å². The molecule has 0 aliphatic carbocycles. The van der Waals surface area contributed by atoms with Crippen LogP contribution < -0.4 is 19.7 Å². The molecule has 9 heteroatoms. The van der Waals surface area contributed by atoms with Crippen LogP contribution >= 0.6 is 39.7 Å². The van der Waals surface area contributed by atoms with Gasteiger partial charge in [-0.3, -0.25) is 9.69 Å². The number of aromatic nitrogens is 1. The van der Waals surface area contributed by atoms with Crippen molar-refractivity contribution in [3.8, 4) is 11.5 Å². The van der Waals surface area contributed by atoms with E-state index in [-0.39, 0.29) is 5.91 Å². The summed E-state index contributed by atoms with van der Waals surface area (Å²) in [6.45, 7) is 3.54. The number of hydrogen-bond donors (Lipinski definition) is 1. The van der Waals surface area contributed by atoms with Crippen LogP contribution in [0.4, 0.5) is 5.69 Å². The third kappa shape index (κ3) is 5.37. The minimum atomic E-state index is -0.216. The van der Waals surface area contributed by atoms with Crippen molar-refractivity contribution >= 4 is 73.4 Å². The zero-order valence-electron chi connectivity index (χ0n) is 19.9. The highest BCUT2D eigenvalue weighted by Crippen LogP contribution is 2.30. The Bertz CT molecular complexity index is 1520. The van der Waals surface area contributed by atoms with E-state index in [1.807, 2.05) is 79.9 Å². The van der Waals surface area contributed by atoms with E-state index in [2.05, 4.69) is 25.8 Å². The highest BCUT2D eigenvalue weighted by atomic mass is 79.9. The Balaban J connectivity index is 1.41. The Morgan fingerprint density at radius 3 is 2.62 bits per heavy atom. The third-order valence-corrected chi connectivity index (χ3v) is 6.97. The molecule has 0 saturated carbocycles. The number of amides is 1. The number of thiocarbonyl (C=S) groups is 1. The van der Waals surface area contributed by atoms with Crippen LogP contribution in [0.15, 0.2) is 83.1 Å². The van der Waals surface area contributed by atoms with E-state index in [1.165, 1.54) is 4.90 Å².